The van der Waals surface area contributed by atoms with Crippen LogP contribution in [-0.4, -0.2) is 54.0 Å². The molecular weight excluding hydrogens is 414 g/mol. The molecular formula is C19H23N3O5S2. The summed E-state index contributed by atoms with van der Waals surface area (Å²) in [6, 6.07) is 14.6. The first-order valence-corrected chi connectivity index (χ1v) is 12.1. The molecule has 1 aliphatic heterocycles. The van der Waals surface area contributed by atoms with E-state index in [9.17, 15) is 21.6 Å². The van der Waals surface area contributed by atoms with E-state index < -0.39 is 26.0 Å². The van der Waals surface area contributed by atoms with Crippen LogP contribution >= 0.6 is 0 Å². The average molecular weight is 438 g/mol. The fourth-order valence-electron chi connectivity index (χ4n) is 3.18. The van der Waals surface area contributed by atoms with Crippen LogP contribution in [-0.2, 0) is 24.8 Å². The highest BCUT2D eigenvalue weighted by molar-refractivity contribution is 7.94. The molecule has 156 valence electrons. The number of nitrogens with zero attached hydrogens (tertiary/aromatic N) is 2. The van der Waals surface area contributed by atoms with Gasteiger partial charge in [0, 0.05) is 19.0 Å². The molecule has 0 aromatic heterocycles. The van der Waals surface area contributed by atoms with Crippen molar-refractivity contribution in [2.45, 2.75) is 17.4 Å². The first kappa shape index (κ1) is 21.4. The van der Waals surface area contributed by atoms with Crippen molar-refractivity contribution in [1.82, 2.24) is 9.62 Å². The van der Waals surface area contributed by atoms with Crippen LogP contribution in [0.15, 0.2) is 59.5 Å². The molecule has 0 saturated carbocycles. The lowest BCUT2D eigenvalue weighted by molar-refractivity contribution is -0.116. The Labute approximate surface area is 171 Å². The van der Waals surface area contributed by atoms with Gasteiger partial charge in [0.25, 0.3) is 0 Å². The highest BCUT2D eigenvalue weighted by Crippen LogP contribution is 2.26. The number of hydrogen-bond acceptors (Lipinski definition) is 6. The number of amides is 1. The molecule has 1 atom stereocenters. The van der Waals surface area contributed by atoms with Gasteiger partial charge in [0.15, 0.2) is 0 Å². The van der Waals surface area contributed by atoms with Gasteiger partial charge < -0.3 is 4.90 Å². The van der Waals surface area contributed by atoms with E-state index >= 15 is 0 Å². The first-order chi connectivity index (χ1) is 13.6. The molecule has 29 heavy (non-hydrogen) atoms. The van der Waals surface area contributed by atoms with E-state index in [0.717, 1.165) is 9.87 Å². The van der Waals surface area contributed by atoms with Gasteiger partial charge in [-0.05, 0) is 43.9 Å². The van der Waals surface area contributed by atoms with Gasteiger partial charge in [0.2, 0.25) is 26.0 Å². The molecule has 1 N–H and O–H groups in total. The number of sulfonamides is 2. The van der Waals surface area contributed by atoms with Crippen LogP contribution in [0.2, 0.25) is 0 Å². The lowest BCUT2D eigenvalue weighted by Crippen LogP contribution is -2.34. The van der Waals surface area contributed by atoms with Crippen molar-refractivity contribution >= 4 is 31.6 Å². The molecule has 0 radical (unpaired) electrons. The lowest BCUT2D eigenvalue weighted by atomic mass is 10.1. The Bertz CT molecular complexity index is 1080. The number of carbonyl (C=O) groups is 1. The van der Waals surface area contributed by atoms with Crippen molar-refractivity contribution in [1.29, 1.82) is 0 Å². The quantitative estimate of drug-likeness (QED) is 0.701. The number of nitrogens with one attached hydrogen (secondary N) is 1. The maximum Gasteiger partial charge on any atom is 0.242 e. The second-order valence-electron chi connectivity index (χ2n) is 6.96. The highest BCUT2D eigenvalue weighted by Gasteiger charge is 2.36. The number of carbonyl (C=O) groups excluding carboxylic acids is 1. The average Bonchev–Trinajstić information content (AvgIpc) is 2.95. The highest BCUT2D eigenvalue weighted by atomic mass is 32.2. The minimum Gasteiger partial charge on any atom is -0.301 e. The topological polar surface area (TPSA) is 104 Å². The van der Waals surface area contributed by atoms with Crippen LogP contribution in [0, 0.1) is 0 Å². The third-order valence-electron chi connectivity index (χ3n) is 4.73. The van der Waals surface area contributed by atoms with Gasteiger partial charge in [-0.1, -0.05) is 30.3 Å². The minimum absolute atomic E-state index is 0.00383. The Kier molecular flexibility index (Phi) is 6.08. The van der Waals surface area contributed by atoms with Crippen molar-refractivity contribution in [2.75, 3.05) is 30.7 Å². The van der Waals surface area contributed by atoms with E-state index in [1.165, 1.54) is 24.3 Å². The van der Waals surface area contributed by atoms with E-state index in [4.69, 9.17) is 0 Å². The molecule has 2 aromatic carbocycles. The molecule has 1 aliphatic rings. The first-order valence-electron chi connectivity index (χ1n) is 8.99. The maximum absolute atomic E-state index is 12.7. The van der Waals surface area contributed by atoms with Gasteiger partial charge >= 0.3 is 0 Å². The summed E-state index contributed by atoms with van der Waals surface area (Å²) >= 11 is 0. The van der Waals surface area contributed by atoms with Crippen molar-refractivity contribution in [2.24, 2.45) is 0 Å². The zero-order valence-electron chi connectivity index (χ0n) is 16.1. The number of likely N-dealkylation sites (N-methyl/N-ethyl adjacent to an activating group) is 1. The maximum atomic E-state index is 12.7. The fraction of sp³-hybridized carbons (Fsp3) is 0.316. The summed E-state index contributed by atoms with van der Waals surface area (Å²) in [6.07, 6.45) is -0.0741. The normalized spacial score (nSPS) is 17.6. The van der Waals surface area contributed by atoms with Gasteiger partial charge in [0.05, 0.1) is 16.3 Å². The Balaban J connectivity index is 1.77. The SMILES string of the molecule is CN(C)[C@@H](CNS(=O)(=O)c1ccc(N2C(=O)CCS2(=O)=O)cc1)c1ccccc1. The third kappa shape index (κ3) is 4.67. The van der Waals surface area contributed by atoms with Crippen LogP contribution in [0.4, 0.5) is 5.69 Å². The Morgan fingerprint density at radius 2 is 1.69 bits per heavy atom. The molecule has 0 unspecified atom stereocenters. The fourth-order valence-corrected chi connectivity index (χ4v) is 5.67. The largest absolute Gasteiger partial charge is 0.301 e. The van der Waals surface area contributed by atoms with Crippen LogP contribution in [0.25, 0.3) is 0 Å². The van der Waals surface area contributed by atoms with Crippen LogP contribution < -0.4 is 9.03 Å². The van der Waals surface area contributed by atoms with Crippen LogP contribution in [0.1, 0.15) is 18.0 Å². The monoisotopic (exact) mass is 437 g/mol. The summed E-state index contributed by atoms with van der Waals surface area (Å²) in [5.74, 6) is -0.755. The molecule has 8 nitrogen and oxygen atoms in total. The molecule has 2 aromatic rings. The van der Waals surface area contributed by atoms with E-state index in [0.29, 0.717) is 0 Å². The molecule has 3 rings (SSSR count). The van der Waals surface area contributed by atoms with Gasteiger partial charge in [-0.2, -0.15) is 0 Å². The number of hydrogen-bond donors (Lipinski definition) is 1. The molecule has 0 bridgehead atoms. The van der Waals surface area contributed by atoms with E-state index in [1.54, 1.807) is 0 Å². The van der Waals surface area contributed by atoms with E-state index in [1.807, 2.05) is 49.3 Å². The lowest BCUT2D eigenvalue weighted by Gasteiger charge is -2.25. The third-order valence-corrected chi connectivity index (χ3v) is 7.86. The molecule has 1 heterocycles. The van der Waals surface area contributed by atoms with Gasteiger partial charge in [-0.15, -0.1) is 0 Å². The summed E-state index contributed by atoms with van der Waals surface area (Å²) in [5, 5.41) is 0. The molecule has 1 amide bonds. The zero-order chi connectivity index (χ0) is 21.2. The van der Waals surface area contributed by atoms with Gasteiger partial charge in [-0.25, -0.2) is 25.9 Å². The summed E-state index contributed by atoms with van der Waals surface area (Å²) in [5.41, 5.74) is 1.12. The van der Waals surface area contributed by atoms with Crippen molar-refractivity contribution < 1.29 is 21.6 Å². The molecule has 0 aliphatic carbocycles. The number of benzene rings is 2. The van der Waals surface area contributed by atoms with E-state index in [2.05, 4.69) is 4.72 Å². The van der Waals surface area contributed by atoms with Gasteiger partial charge in [-0.3, -0.25) is 4.79 Å². The molecule has 0 spiro atoms. The Hall–Kier alpha value is -2.27. The second kappa shape index (κ2) is 8.23. The summed E-state index contributed by atoms with van der Waals surface area (Å²) < 4.78 is 52.7. The second-order valence-corrected chi connectivity index (χ2v) is 10.7. The Morgan fingerprint density at radius 1 is 1.07 bits per heavy atom. The van der Waals surface area contributed by atoms with Gasteiger partial charge in [0.1, 0.15) is 0 Å². The van der Waals surface area contributed by atoms with Crippen molar-refractivity contribution in [3.05, 3.63) is 60.2 Å². The summed E-state index contributed by atoms with van der Waals surface area (Å²) in [7, 11) is -3.76. The van der Waals surface area contributed by atoms with E-state index in [-0.39, 0.29) is 35.3 Å². The number of anilines is 1. The van der Waals surface area contributed by atoms with Crippen molar-refractivity contribution in [3.8, 4) is 0 Å². The van der Waals surface area contributed by atoms with Crippen LogP contribution in [0.5, 0.6) is 0 Å². The standard InChI is InChI=1S/C19H23N3O5S2/c1-21(2)18(15-6-4-3-5-7-15)14-20-29(26,27)17-10-8-16(9-11-17)22-19(23)12-13-28(22,24)25/h3-11,18,20H,12-14H2,1-2H3/t18-/m0/s1. The number of rotatable bonds is 7. The summed E-state index contributed by atoms with van der Waals surface area (Å²) in [4.78, 5) is 13.8. The smallest absolute Gasteiger partial charge is 0.242 e. The van der Waals surface area contributed by atoms with Crippen LogP contribution in [0.3, 0.4) is 0 Å². The predicted octanol–water partition coefficient (Wildman–Crippen LogP) is 1.33. The predicted molar refractivity (Wildman–Crippen MR) is 110 cm³/mol. The molecule has 1 fully saturated rings. The molecule has 1 saturated heterocycles. The molecule has 10 heteroatoms. The zero-order valence-corrected chi connectivity index (χ0v) is 17.8. The summed E-state index contributed by atoms with van der Waals surface area (Å²) in [6.45, 7) is 0.167. The minimum atomic E-state index is -3.81. The van der Waals surface area contributed by atoms with Crippen molar-refractivity contribution in [3.63, 3.8) is 0 Å². The Morgan fingerprint density at radius 3 is 2.21 bits per heavy atom.